The van der Waals surface area contributed by atoms with E-state index in [0.29, 0.717) is 16.4 Å². The van der Waals surface area contributed by atoms with Crippen molar-refractivity contribution in [1.29, 1.82) is 0 Å². The zero-order valence-electron chi connectivity index (χ0n) is 9.99. The van der Waals surface area contributed by atoms with Crippen molar-refractivity contribution in [2.75, 3.05) is 12.4 Å². The molecule has 0 radical (unpaired) electrons. The number of hydrogen-bond acceptors (Lipinski definition) is 7. The lowest BCUT2D eigenvalue weighted by Crippen LogP contribution is -2.12. The van der Waals surface area contributed by atoms with Gasteiger partial charge in [-0.05, 0) is 6.07 Å². The molecule has 0 atom stereocenters. The molecule has 0 saturated heterocycles. The summed E-state index contributed by atoms with van der Waals surface area (Å²) in [5.74, 6) is -0.699. The van der Waals surface area contributed by atoms with Crippen LogP contribution in [0.5, 0.6) is 0 Å². The number of carbonyl (C=O) groups excluding carboxylic acids is 2. The van der Waals surface area contributed by atoms with Gasteiger partial charge in [0.05, 0.1) is 37.2 Å². The molecule has 2 aromatic heterocycles. The van der Waals surface area contributed by atoms with Crippen LogP contribution in [0.15, 0.2) is 23.8 Å². The third kappa shape index (κ3) is 3.55. The van der Waals surface area contributed by atoms with Gasteiger partial charge in [-0.1, -0.05) is 0 Å². The van der Waals surface area contributed by atoms with Gasteiger partial charge < -0.3 is 4.74 Å². The number of amides is 1. The van der Waals surface area contributed by atoms with E-state index in [1.54, 1.807) is 11.4 Å². The number of methoxy groups -OCH3 is 1. The normalized spacial score (nSPS) is 9.95. The summed E-state index contributed by atoms with van der Waals surface area (Å²) >= 11 is 1.24. The fourth-order valence-corrected chi connectivity index (χ4v) is 1.97. The number of aromatic nitrogens is 3. The molecule has 2 heterocycles. The van der Waals surface area contributed by atoms with Crippen LogP contribution < -0.4 is 5.32 Å². The molecule has 0 saturated carbocycles. The highest BCUT2D eigenvalue weighted by molar-refractivity contribution is 7.14. The zero-order valence-corrected chi connectivity index (χ0v) is 10.8. The predicted molar refractivity (Wildman–Crippen MR) is 67.8 cm³/mol. The summed E-state index contributed by atoms with van der Waals surface area (Å²) < 4.78 is 4.54. The lowest BCUT2D eigenvalue weighted by Gasteiger charge is -1.99. The van der Waals surface area contributed by atoms with Gasteiger partial charge >= 0.3 is 5.97 Å². The van der Waals surface area contributed by atoms with Crippen LogP contribution in [-0.4, -0.2) is 34.2 Å². The molecule has 8 heteroatoms. The van der Waals surface area contributed by atoms with Crippen LogP contribution in [-0.2, 0) is 16.0 Å². The first-order valence-corrected chi connectivity index (χ1v) is 6.16. The highest BCUT2D eigenvalue weighted by Gasteiger charge is 2.11. The molecule has 19 heavy (non-hydrogen) atoms. The molecular weight excluding hydrogens is 268 g/mol. The molecule has 7 nitrogen and oxygen atoms in total. The summed E-state index contributed by atoms with van der Waals surface area (Å²) in [6.45, 7) is 0. The second-order valence-electron chi connectivity index (χ2n) is 3.48. The molecule has 0 spiro atoms. The molecule has 0 aliphatic rings. The summed E-state index contributed by atoms with van der Waals surface area (Å²) in [5.41, 5.74) is 0.944. The Kier molecular flexibility index (Phi) is 4.14. The van der Waals surface area contributed by atoms with Crippen molar-refractivity contribution >= 4 is 28.3 Å². The minimum absolute atomic E-state index is 0.0830. The average molecular weight is 278 g/mol. The van der Waals surface area contributed by atoms with Crippen LogP contribution in [0.1, 0.15) is 16.1 Å². The first kappa shape index (κ1) is 13.1. The van der Waals surface area contributed by atoms with Gasteiger partial charge in [0.15, 0.2) is 5.13 Å². The first-order chi connectivity index (χ1) is 9.19. The number of anilines is 1. The van der Waals surface area contributed by atoms with E-state index in [2.05, 4.69) is 25.2 Å². The Morgan fingerprint density at radius 1 is 1.42 bits per heavy atom. The van der Waals surface area contributed by atoms with Gasteiger partial charge in [-0.15, -0.1) is 11.3 Å². The van der Waals surface area contributed by atoms with Crippen molar-refractivity contribution in [2.45, 2.75) is 6.42 Å². The van der Waals surface area contributed by atoms with Gasteiger partial charge in [-0.2, -0.15) is 10.2 Å². The number of thiazole rings is 1. The molecule has 98 valence electrons. The average Bonchev–Trinajstić information content (AvgIpc) is 2.86. The number of nitrogens with one attached hydrogen (secondary N) is 1. The largest absolute Gasteiger partial charge is 0.469 e. The second-order valence-corrected chi connectivity index (χ2v) is 4.34. The van der Waals surface area contributed by atoms with Crippen LogP contribution in [0.3, 0.4) is 0 Å². The topological polar surface area (TPSA) is 94.1 Å². The maximum absolute atomic E-state index is 11.8. The molecule has 1 amide bonds. The van der Waals surface area contributed by atoms with Crippen molar-refractivity contribution in [3.8, 4) is 0 Å². The Bertz CT molecular complexity index is 585. The minimum atomic E-state index is -0.374. The van der Waals surface area contributed by atoms with E-state index in [-0.39, 0.29) is 18.3 Å². The van der Waals surface area contributed by atoms with Crippen molar-refractivity contribution < 1.29 is 14.3 Å². The number of ether oxygens (including phenoxy) is 1. The molecule has 0 fully saturated rings. The summed E-state index contributed by atoms with van der Waals surface area (Å²) in [6.07, 6.45) is 2.87. The maximum atomic E-state index is 11.8. The SMILES string of the molecule is COC(=O)Cc1csc(NC(=O)c2ccnnc2)n1. The lowest BCUT2D eigenvalue weighted by molar-refractivity contribution is -0.139. The molecular formula is C11H10N4O3S. The van der Waals surface area contributed by atoms with E-state index in [0.717, 1.165) is 0 Å². The highest BCUT2D eigenvalue weighted by Crippen LogP contribution is 2.16. The Labute approximate surface area is 112 Å². The Hall–Kier alpha value is -2.35. The Morgan fingerprint density at radius 3 is 2.95 bits per heavy atom. The van der Waals surface area contributed by atoms with E-state index >= 15 is 0 Å². The van der Waals surface area contributed by atoms with Gasteiger partial charge in [0.1, 0.15) is 0 Å². The fourth-order valence-electron chi connectivity index (χ4n) is 1.26. The minimum Gasteiger partial charge on any atom is -0.469 e. The molecule has 0 aromatic carbocycles. The van der Waals surface area contributed by atoms with Crippen molar-refractivity contribution in [2.24, 2.45) is 0 Å². The Balaban J connectivity index is 2.00. The highest BCUT2D eigenvalue weighted by atomic mass is 32.1. The molecule has 0 unspecified atom stereocenters. The Morgan fingerprint density at radius 2 is 2.26 bits per heavy atom. The van der Waals surface area contributed by atoms with Gasteiger partial charge in [0.25, 0.3) is 5.91 Å². The number of nitrogens with zero attached hydrogens (tertiary/aromatic N) is 3. The molecule has 2 aromatic rings. The fraction of sp³-hybridized carbons (Fsp3) is 0.182. The predicted octanol–water partition coefficient (Wildman–Crippen LogP) is 0.901. The van der Waals surface area contributed by atoms with Gasteiger partial charge in [0, 0.05) is 5.38 Å². The molecule has 0 aliphatic carbocycles. The summed E-state index contributed by atoms with van der Waals surface area (Å²) in [7, 11) is 1.31. The summed E-state index contributed by atoms with van der Waals surface area (Å²) in [5, 5.41) is 11.9. The molecule has 1 N–H and O–H groups in total. The number of rotatable bonds is 4. The van der Waals surface area contributed by atoms with Crippen molar-refractivity contribution in [3.05, 3.63) is 35.1 Å². The third-order valence-corrected chi connectivity index (χ3v) is 2.98. The number of carbonyl (C=O) groups is 2. The smallest absolute Gasteiger partial charge is 0.311 e. The van der Waals surface area contributed by atoms with Gasteiger partial charge in [-0.3, -0.25) is 14.9 Å². The molecule has 2 rings (SSSR count). The van der Waals surface area contributed by atoms with Gasteiger partial charge in [0.2, 0.25) is 0 Å². The van der Waals surface area contributed by atoms with E-state index in [4.69, 9.17) is 0 Å². The van der Waals surface area contributed by atoms with Crippen LogP contribution in [0.4, 0.5) is 5.13 Å². The van der Waals surface area contributed by atoms with Crippen LogP contribution in [0.2, 0.25) is 0 Å². The summed E-state index contributed by atoms with van der Waals surface area (Å²) in [4.78, 5) is 27.0. The van der Waals surface area contributed by atoms with Crippen molar-refractivity contribution in [3.63, 3.8) is 0 Å². The zero-order chi connectivity index (χ0) is 13.7. The number of hydrogen-bond donors (Lipinski definition) is 1. The first-order valence-electron chi connectivity index (χ1n) is 5.28. The van der Waals surface area contributed by atoms with Gasteiger partial charge in [-0.25, -0.2) is 4.98 Å². The second kappa shape index (κ2) is 6.01. The van der Waals surface area contributed by atoms with Crippen LogP contribution >= 0.6 is 11.3 Å². The quantitative estimate of drug-likeness (QED) is 0.835. The van der Waals surface area contributed by atoms with E-state index in [1.807, 2.05) is 0 Å². The molecule has 0 bridgehead atoms. The standard InChI is InChI=1S/C11H10N4O3S/c1-18-9(16)4-8-6-19-11(14-8)15-10(17)7-2-3-12-13-5-7/h2-3,5-6H,4H2,1H3,(H,14,15,17). The third-order valence-electron chi connectivity index (χ3n) is 2.17. The van der Waals surface area contributed by atoms with Crippen molar-refractivity contribution in [1.82, 2.24) is 15.2 Å². The van der Waals surface area contributed by atoms with E-state index in [1.165, 1.54) is 30.8 Å². The van der Waals surface area contributed by atoms with Crippen LogP contribution in [0.25, 0.3) is 0 Å². The maximum Gasteiger partial charge on any atom is 0.311 e. The molecule has 0 aliphatic heterocycles. The van der Waals surface area contributed by atoms with E-state index < -0.39 is 0 Å². The summed E-state index contributed by atoms with van der Waals surface area (Å²) in [6, 6.07) is 1.55. The van der Waals surface area contributed by atoms with E-state index in [9.17, 15) is 9.59 Å². The number of esters is 1. The monoisotopic (exact) mass is 278 g/mol. The van der Waals surface area contributed by atoms with Crippen LogP contribution in [0, 0.1) is 0 Å². The lowest BCUT2D eigenvalue weighted by atomic mass is 10.3.